The molecule has 0 bridgehead atoms. The Morgan fingerprint density at radius 1 is 0.679 bits per heavy atom. The van der Waals surface area contributed by atoms with E-state index in [0.717, 1.165) is 0 Å². The second kappa shape index (κ2) is 12.6. The van der Waals surface area contributed by atoms with Crippen LogP contribution in [0, 0.1) is 6.42 Å². The second-order valence-corrected chi connectivity index (χ2v) is 7.99. The van der Waals surface area contributed by atoms with E-state index >= 15 is 0 Å². The van der Waals surface area contributed by atoms with Gasteiger partial charge in [0, 0.05) is 32.6 Å². The molecule has 1 aliphatic rings. The van der Waals surface area contributed by atoms with Crippen LogP contribution in [0.2, 0.25) is 0 Å². The molecule has 1 radical (unpaired) electrons. The van der Waals surface area contributed by atoms with Crippen molar-refractivity contribution < 1.29 is 26.2 Å². The van der Waals surface area contributed by atoms with Crippen molar-refractivity contribution in [2.45, 2.75) is 78.1 Å². The first-order chi connectivity index (χ1) is 13.3. The van der Waals surface area contributed by atoms with Gasteiger partial charge in [-0.2, -0.15) is 0 Å². The van der Waals surface area contributed by atoms with Crippen LogP contribution in [0.3, 0.4) is 0 Å². The summed E-state index contributed by atoms with van der Waals surface area (Å²) in [4.78, 5) is 0. The maximum absolute atomic E-state index is 2.43. The average Bonchev–Trinajstić information content (AvgIpc) is 3.12. The number of rotatable bonds is 11. The van der Waals surface area contributed by atoms with Gasteiger partial charge in [-0.3, -0.25) is 0 Å². The third kappa shape index (κ3) is 6.55. The van der Waals surface area contributed by atoms with Gasteiger partial charge in [0.2, 0.25) is 0 Å². The summed E-state index contributed by atoms with van der Waals surface area (Å²) in [6.45, 7) is 4.55. The minimum absolute atomic E-state index is 0. The number of hydrogen-bond donors (Lipinski definition) is 0. The quantitative estimate of drug-likeness (QED) is 0.301. The monoisotopic (exact) mass is 449 g/mol. The Hall–Kier alpha value is -0.937. The molecule has 0 unspecified atom stereocenters. The summed E-state index contributed by atoms with van der Waals surface area (Å²) in [6.07, 6.45) is 17.9. The van der Waals surface area contributed by atoms with Crippen LogP contribution in [0.25, 0.3) is 17.2 Å². The van der Waals surface area contributed by atoms with E-state index in [1.165, 1.54) is 97.6 Å². The van der Waals surface area contributed by atoms with Crippen molar-refractivity contribution in [2.75, 3.05) is 0 Å². The summed E-state index contributed by atoms with van der Waals surface area (Å²) in [6, 6.07) is 16.0. The molecule has 0 saturated heterocycles. The fourth-order valence-electron chi connectivity index (χ4n) is 4.06. The summed E-state index contributed by atoms with van der Waals surface area (Å²) in [5.74, 6) is 0. The van der Waals surface area contributed by atoms with Gasteiger partial charge >= 0.3 is 0 Å². The predicted octanol–water partition coefficient (Wildman–Crippen LogP) is 8.39. The molecule has 0 N–H and O–H groups in total. The zero-order chi connectivity index (χ0) is 18.9. The molecule has 2 aromatic rings. The molecule has 28 heavy (non-hydrogen) atoms. The number of aryl methyl sites for hydroxylation is 1. The Kier molecular flexibility index (Phi) is 10.5. The Labute approximate surface area is 192 Å². The molecule has 147 valence electrons. The molecule has 1 heteroatoms. The zero-order valence-electron chi connectivity index (χ0n) is 17.8. The standard InChI is InChI=1S/C27H35.Zr/c1-3-5-7-9-12-22-16-18-24(19-17-22)26-15-11-14-25-20-23(21-27(25)26)13-10-8-6-4-2;/h11,14-21H,3-10,12-13H2,1-2H3;. The average molecular weight is 451 g/mol. The van der Waals surface area contributed by atoms with Crippen LogP contribution >= 0.6 is 0 Å². The Morgan fingerprint density at radius 2 is 1.36 bits per heavy atom. The molecule has 0 nitrogen and oxygen atoms in total. The second-order valence-electron chi connectivity index (χ2n) is 7.99. The fraction of sp³-hybridized carbons (Fsp3) is 0.444. The first-order valence-corrected chi connectivity index (χ1v) is 11.1. The fourth-order valence-corrected chi connectivity index (χ4v) is 4.06. The SMILES string of the molecule is CCCCCCC1=Cc2c(cccc2-c2ccc(CCCCCC)cc2)[CH]1.[Zr]. The van der Waals surface area contributed by atoms with Crippen LogP contribution < -0.4 is 0 Å². The van der Waals surface area contributed by atoms with Crippen LogP contribution in [0.1, 0.15) is 88.3 Å². The molecule has 0 aromatic heterocycles. The first kappa shape index (κ1) is 23.3. The van der Waals surface area contributed by atoms with Gasteiger partial charge in [-0.1, -0.05) is 106 Å². The smallest absolute Gasteiger partial charge is 0.0164 e. The molecule has 0 amide bonds. The van der Waals surface area contributed by atoms with Crippen LogP contribution in [-0.4, -0.2) is 0 Å². The van der Waals surface area contributed by atoms with E-state index in [1.807, 2.05) is 0 Å². The molecule has 0 heterocycles. The van der Waals surface area contributed by atoms with Crippen molar-refractivity contribution in [2.24, 2.45) is 0 Å². The van der Waals surface area contributed by atoms with Crippen molar-refractivity contribution in [1.29, 1.82) is 0 Å². The zero-order valence-corrected chi connectivity index (χ0v) is 20.2. The molecule has 2 aromatic carbocycles. The van der Waals surface area contributed by atoms with E-state index in [4.69, 9.17) is 0 Å². The minimum Gasteiger partial charge on any atom is -0.0654 e. The molecule has 1 aliphatic carbocycles. The van der Waals surface area contributed by atoms with E-state index in [0.29, 0.717) is 0 Å². The molecule has 0 saturated carbocycles. The Morgan fingerprint density at radius 3 is 2.04 bits per heavy atom. The largest absolute Gasteiger partial charge is 0.0654 e. The molecule has 0 aliphatic heterocycles. The molecule has 3 rings (SSSR count). The van der Waals surface area contributed by atoms with Gasteiger partial charge < -0.3 is 0 Å². The maximum atomic E-state index is 2.43. The van der Waals surface area contributed by atoms with Crippen LogP contribution in [-0.2, 0) is 32.6 Å². The third-order valence-corrected chi connectivity index (χ3v) is 5.71. The number of benzene rings is 2. The van der Waals surface area contributed by atoms with Crippen LogP contribution in [0.5, 0.6) is 0 Å². The maximum Gasteiger partial charge on any atom is 0.0164 e. The van der Waals surface area contributed by atoms with Crippen molar-refractivity contribution in [3.05, 3.63) is 71.1 Å². The van der Waals surface area contributed by atoms with E-state index in [-0.39, 0.29) is 26.2 Å². The molecule has 0 spiro atoms. The normalized spacial score (nSPS) is 12.4. The summed E-state index contributed by atoms with van der Waals surface area (Å²) in [5, 5.41) is 0. The summed E-state index contributed by atoms with van der Waals surface area (Å²) in [5.41, 5.74) is 8.51. The summed E-state index contributed by atoms with van der Waals surface area (Å²) >= 11 is 0. The van der Waals surface area contributed by atoms with E-state index in [2.05, 4.69) is 68.8 Å². The minimum atomic E-state index is 0. The number of unbranched alkanes of at least 4 members (excludes halogenated alkanes) is 6. The van der Waals surface area contributed by atoms with Crippen LogP contribution in [0.15, 0.2) is 48.0 Å². The van der Waals surface area contributed by atoms with E-state index < -0.39 is 0 Å². The van der Waals surface area contributed by atoms with Crippen LogP contribution in [0.4, 0.5) is 0 Å². The Balaban J connectivity index is 0.00000280. The van der Waals surface area contributed by atoms with Crippen molar-refractivity contribution in [3.63, 3.8) is 0 Å². The van der Waals surface area contributed by atoms with Crippen molar-refractivity contribution >= 4 is 6.08 Å². The third-order valence-electron chi connectivity index (χ3n) is 5.71. The van der Waals surface area contributed by atoms with E-state index in [1.54, 1.807) is 0 Å². The van der Waals surface area contributed by atoms with Gasteiger partial charge in [-0.05, 0) is 53.5 Å². The molecular weight excluding hydrogens is 416 g/mol. The number of hydrogen-bond acceptors (Lipinski definition) is 0. The first-order valence-electron chi connectivity index (χ1n) is 11.1. The van der Waals surface area contributed by atoms with Gasteiger partial charge in [-0.15, -0.1) is 0 Å². The molecule has 0 fully saturated rings. The Bertz CT molecular complexity index is 739. The molecular formula is C27H35Zr. The predicted molar refractivity (Wildman–Crippen MR) is 120 cm³/mol. The summed E-state index contributed by atoms with van der Waals surface area (Å²) < 4.78 is 0. The van der Waals surface area contributed by atoms with E-state index in [9.17, 15) is 0 Å². The van der Waals surface area contributed by atoms with Gasteiger partial charge in [0.05, 0.1) is 0 Å². The molecule has 0 atom stereocenters. The van der Waals surface area contributed by atoms with Crippen molar-refractivity contribution in [3.8, 4) is 11.1 Å². The number of fused-ring (bicyclic) bond motifs is 1. The van der Waals surface area contributed by atoms with Gasteiger partial charge in [-0.25, -0.2) is 0 Å². The van der Waals surface area contributed by atoms with Crippen molar-refractivity contribution in [1.82, 2.24) is 0 Å². The number of allylic oxidation sites excluding steroid dienone is 1. The summed E-state index contributed by atoms with van der Waals surface area (Å²) in [7, 11) is 0. The van der Waals surface area contributed by atoms with Gasteiger partial charge in [0.15, 0.2) is 0 Å². The van der Waals surface area contributed by atoms with Gasteiger partial charge in [0.1, 0.15) is 0 Å². The topological polar surface area (TPSA) is 0 Å². The van der Waals surface area contributed by atoms with Gasteiger partial charge in [0.25, 0.3) is 0 Å².